The molecule has 0 N–H and O–H groups in total. The highest BCUT2D eigenvalue weighted by Gasteiger charge is 2.08. The fourth-order valence-electron chi connectivity index (χ4n) is 1.65. The molecular formula is C14H20N2O. The first-order chi connectivity index (χ1) is 10.1. The molecule has 2 rings (SSSR count). The fraction of sp³-hybridized carbons (Fsp3) is 0.429. The van der Waals surface area contributed by atoms with Gasteiger partial charge in [0.1, 0.15) is 5.75 Å². The maximum absolute atomic E-state index is 8.39. The first-order valence-corrected chi connectivity index (χ1v) is 5.47. The van der Waals surface area contributed by atoms with Crippen LogP contribution in [0.3, 0.4) is 0 Å². The van der Waals surface area contributed by atoms with Crippen molar-refractivity contribution in [2.45, 2.75) is 19.5 Å². The van der Waals surface area contributed by atoms with Gasteiger partial charge in [0, 0.05) is 33.8 Å². The molecule has 0 saturated heterocycles. The number of hydrogen-bond donors (Lipinski definition) is 0. The quantitative estimate of drug-likeness (QED) is 0.813. The summed E-state index contributed by atoms with van der Waals surface area (Å²) in [7, 11) is 2.98. The standard InChI is InChI=1S/C14H20N2O/c1-11(15(2)3)10-16-8-7-12-9-13(17-4)5-6-14(12)16/h5-9,11H,10H2,1-4H3/t11-/m1/s1/i2D3,10D2. The minimum Gasteiger partial charge on any atom is -0.497 e. The van der Waals surface area contributed by atoms with Gasteiger partial charge in [0.05, 0.1) is 9.85 Å². The molecule has 0 unspecified atom stereocenters. The Morgan fingerprint density at radius 3 is 3.06 bits per heavy atom. The van der Waals surface area contributed by atoms with Crippen LogP contribution >= 0.6 is 0 Å². The highest BCUT2D eigenvalue weighted by molar-refractivity contribution is 5.81. The van der Waals surface area contributed by atoms with Gasteiger partial charge < -0.3 is 14.2 Å². The predicted molar refractivity (Wildman–Crippen MR) is 71.6 cm³/mol. The van der Waals surface area contributed by atoms with Crippen LogP contribution < -0.4 is 4.74 Å². The largest absolute Gasteiger partial charge is 0.497 e. The fourth-order valence-corrected chi connectivity index (χ4v) is 1.65. The lowest BCUT2D eigenvalue weighted by Gasteiger charge is -2.20. The zero-order valence-electron chi connectivity index (χ0n) is 15.3. The minimum atomic E-state index is -2.35. The first kappa shape index (κ1) is 7.07. The third-order valence-corrected chi connectivity index (χ3v) is 2.80. The van der Waals surface area contributed by atoms with Crippen LogP contribution in [0.1, 0.15) is 13.8 Å². The number of methoxy groups -OCH3 is 1. The number of fused-ring (bicyclic) bond motifs is 1. The average molecular weight is 237 g/mol. The molecule has 3 nitrogen and oxygen atoms in total. The summed E-state index contributed by atoms with van der Waals surface area (Å²) in [4.78, 5) is 1.07. The number of benzene rings is 1. The van der Waals surface area contributed by atoms with Crippen LogP contribution in [0.4, 0.5) is 0 Å². The second-order valence-electron chi connectivity index (χ2n) is 4.03. The van der Waals surface area contributed by atoms with E-state index in [1.807, 2.05) is 6.07 Å². The lowest BCUT2D eigenvalue weighted by atomic mass is 10.2. The van der Waals surface area contributed by atoms with E-state index < -0.39 is 19.5 Å². The van der Waals surface area contributed by atoms with Crippen LogP contribution in [0.15, 0.2) is 30.5 Å². The molecule has 17 heavy (non-hydrogen) atoms. The van der Waals surface area contributed by atoms with Crippen molar-refractivity contribution in [3.63, 3.8) is 0 Å². The summed E-state index contributed by atoms with van der Waals surface area (Å²) in [6.07, 6.45) is 1.63. The molecule has 0 fully saturated rings. The minimum absolute atomic E-state index is 0.691. The van der Waals surface area contributed by atoms with Gasteiger partial charge in [-0.3, -0.25) is 0 Å². The number of hydrogen-bond acceptors (Lipinski definition) is 2. The summed E-state index contributed by atoms with van der Waals surface area (Å²) in [6.45, 7) is -2.65. The molecule has 0 saturated carbocycles. The molecule has 0 amide bonds. The number of aromatic nitrogens is 1. The number of rotatable bonds is 4. The number of likely N-dealkylation sites (N-methyl/N-ethyl adjacent to an activating group) is 1. The second kappa shape index (κ2) is 4.80. The second-order valence-corrected chi connectivity index (χ2v) is 4.03. The Balaban J connectivity index is 2.45. The summed E-state index contributed by atoms with van der Waals surface area (Å²) in [6, 6.07) is 6.30. The molecule has 0 aliphatic rings. The van der Waals surface area contributed by atoms with E-state index >= 15 is 0 Å². The van der Waals surface area contributed by atoms with Crippen LogP contribution in [-0.2, 0) is 6.50 Å². The Labute approximate surface area is 110 Å². The summed E-state index contributed by atoms with van der Waals surface area (Å²) >= 11 is 0. The molecule has 0 aliphatic heterocycles. The zero-order chi connectivity index (χ0) is 16.7. The Kier molecular flexibility index (Phi) is 1.99. The van der Waals surface area contributed by atoms with Gasteiger partial charge >= 0.3 is 0 Å². The van der Waals surface area contributed by atoms with E-state index in [9.17, 15) is 0 Å². The van der Waals surface area contributed by atoms with E-state index in [-0.39, 0.29) is 0 Å². The van der Waals surface area contributed by atoms with Gasteiger partial charge in [-0.2, -0.15) is 0 Å². The van der Waals surface area contributed by atoms with Crippen LogP contribution in [0, 0.1) is 0 Å². The van der Waals surface area contributed by atoms with Crippen molar-refractivity contribution in [1.82, 2.24) is 9.47 Å². The summed E-state index contributed by atoms with van der Waals surface area (Å²) in [5.41, 5.74) is 0.691. The summed E-state index contributed by atoms with van der Waals surface area (Å²) in [5, 5.41) is 0.840. The van der Waals surface area contributed by atoms with Gasteiger partial charge in [0.2, 0.25) is 0 Å². The molecule has 0 radical (unpaired) electrons. The Morgan fingerprint density at radius 1 is 1.53 bits per heavy atom. The number of ether oxygens (including phenoxy) is 1. The molecular weight excluding hydrogens is 212 g/mol. The number of nitrogens with zero attached hydrogens (tertiary/aromatic N) is 2. The van der Waals surface area contributed by atoms with E-state index in [0.29, 0.717) is 11.3 Å². The van der Waals surface area contributed by atoms with Crippen molar-refractivity contribution >= 4 is 10.9 Å². The molecule has 1 heterocycles. The smallest absolute Gasteiger partial charge is 0.119 e. The third kappa shape index (κ3) is 2.44. The van der Waals surface area contributed by atoms with Gasteiger partial charge in [0.25, 0.3) is 0 Å². The topological polar surface area (TPSA) is 17.4 Å². The molecule has 0 spiro atoms. The first-order valence-electron chi connectivity index (χ1n) is 7.97. The molecule has 1 atom stereocenters. The molecule has 3 heteroatoms. The molecule has 1 aromatic carbocycles. The predicted octanol–water partition coefficient (Wildman–Crippen LogP) is 2.60. The highest BCUT2D eigenvalue weighted by atomic mass is 16.5. The Morgan fingerprint density at radius 2 is 2.35 bits per heavy atom. The molecule has 92 valence electrons. The average Bonchev–Trinajstić information content (AvgIpc) is 2.87. The van der Waals surface area contributed by atoms with Crippen LogP contribution in [0.25, 0.3) is 10.9 Å². The van der Waals surface area contributed by atoms with Crippen LogP contribution in [-0.4, -0.2) is 36.6 Å². The van der Waals surface area contributed by atoms with Crippen LogP contribution in [0.2, 0.25) is 0 Å². The highest BCUT2D eigenvalue weighted by Crippen LogP contribution is 2.22. The monoisotopic (exact) mass is 237 g/mol. The van der Waals surface area contributed by atoms with Crippen molar-refractivity contribution in [1.29, 1.82) is 0 Å². The van der Waals surface area contributed by atoms with E-state index in [2.05, 4.69) is 0 Å². The maximum Gasteiger partial charge on any atom is 0.119 e. The molecule has 1 aromatic heterocycles. The van der Waals surface area contributed by atoms with E-state index in [1.54, 1.807) is 38.4 Å². The van der Waals surface area contributed by atoms with Crippen LogP contribution in [0.5, 0.6) is 5.75 Å². The SMILES string of the molecule is [2H]C([2H])([2H])N(C)[C@H](C)C([2H])([2H])n1ccc2cc(OC)ccc21. The Bertz CT molecular complexity index is 665. The normalized spacial score (nSPS) is 19.2. The maximum atomic E-state index is 8.39. The van der Waals surface area contributed by atoms with Gasteiger partial charge in [-0.25, -0.2) is 0 Å². The molecule has 2 aromatic rings. The van der Waals surface area contributed by atoms with E-state index in [1.165, 1.54) is 11.6 Å². The Hall–Kier alpha value is -1.48. The molecule has 0 bridgehead atoms. The lowest BCUT2D eigenvalue weighted by Crippen LogP contribution is -2.28. The zero-order valence-corrected chi connectivity index (χ0v) is 10.3. The van der Waals surface area contributed by atoms with Gasteiger partial charge in [0.15, 0.2) is 0 Å². The molecule has 0 aliphatic carbocycles. The van der Waals surface area contributed by atoms with Gasteiger partial charge in [-0.05, 0) is 45.2 Å². The van der Waals surface area contributed by atoms with Crippen molar-refractivity contribution in [2.75, 3.05) is 21.1 Å². The summed E-state index contributed by atoms with van der Waals surface area (Å²) in [5.74, 6) is 0.693. The van der Waals surface area contributed by atoms with Crippen molar-refractivity contribution in [3.05, 3.63) is 30.5 Å². The van der Waals surface area contributed by atoms with Crippen molar-refractivity contribution < 1.29 is 11.6 Å². The third-order valence-electron chi connectivity index (χ3n) is 2.80. The van der Waals surface area contributed by atoms with E-state index in [0.717, 1.165) is 10.3 Å². The van der Waals surface area contributed by atoms with Crippen molar-refractivity contribution in [2.24, 2.45) is 0 Å². The van der Waals surface area contributed by atoms with Gasteiger partial charge in [-0.1, -0.05) is 0 Å². The summed E-state index contributed by atoms with van der Waals surface area (Å²) < 4.78 is 45.8. The van der Waals surface area contributed by atoms with E-state index in [4.69, 9.17) is 11.6 Å². The lowest BCUT2D eigenvalue weighted by molar-refractivity contribution is 0.286. The van der Waals surface area contributed by atoms with Crippen molar-refractivity contribution in [3.8, 4) is 5.75 Å². The van der Waals surface area contributed by atoms with Gasteiger partial charge in [-0.15, -0.1) is 0 Å².